The normalized spacial score (nSPS) is 15.2. The maximum Gasteiger partial charge on any atom is 0.257 e. The molecule has 0 radical (unpaired) electrons. The van der Waals surface area contributed by atoms with Gasteiger partial charge in [-0.3, -0.25) is 4.79 Å². The molecule has 172 valence electrons. The number of aromatic nitrogens is 1. The van der Waals surface area contributed by atoms with Crippen LogP contribution in [0.5, 0.6) is 0 Å². The number of hydrogen-bond donors (Lipinski definition) is 1. The van der Waals surface area contributed by atoms with Crippen LogP contribution < -0.4 is 10.2 Å². The summed E-state index contributed by atoms with van der Waals surface area (Å²) in [6.07, 6.45) is 2.18. The average Bonchev–Trinajstić information content (AvgIpc) is 3.07. The molecule has 1 N–H and O–H groups in total. The van der Waals surface area contributed by atoms with Crippen LogP contribution in [-0.4, -0.2) is 49.8 Å². The van der Waals surface area contributed by atoms with Crippen molar-refractivity contribution in [3.63, 3.8) is 0 Å². The van der Waals surface area contributed by atoms with Crippen LogP contribution in [0.3, 0.4) is 0 Å². The Morgan fingerprint density at radius 3 is 2.42 bits per heavy atom. The van der Waals surface area contributed by atoms with Crippen molar-refractivity contribution in [3.05, 3.63) is 83.3 Å². The van der Waals surface area contributed by atoms with Crippen molar-refractivity contribution in [1.29, 1.82) is 0 Å². The summed E-state index contributed by atoms with van der Waals surface area (Å²) < 4.78 is 40.4. The zero-order chi connectivity index (χ0) is 23.4. The number of anilines is 2. The number of benzene rings is 2. The Kier molecular flexibility index (Phi) is 6.92. The number of carbonyl (C=O) groups is 1. The fourth-order valence-corrected chi connectivity index (χ4v) is 5.30. The minimum atomic E-state index is -3.70. The first-order valence-electron chi connectivity index (χ1n) is 10.4. The summed E-state index contributed by atoms with van der Waals surface area (Å²) >= 11 is 6.07. The van der Waals surface area contributed by atoms with E-state index in [-0.39, 0.29) is 17.3 Å². The molecular formula is C23H22ClFN4O3S. The van der Waals surface area contributed by atoms with Gasteiger partial charge in [-0.05, 0) is 55.0 Å². The highest BCUT2D eigenvalue weighted by molar-refractivity contribution is 7.89. The Balaban J connectivity index is 1.40. The van der Waals surface area contributed by atoms with E-state index in [4.69, 9.17) is 11.6 Å². The molecule has 1 aliphatic rings. The van der Waals surface area contributed by atoms with E-state index in [0.717, 1.165) is 12.1 Å². The number of pyridine rings is 1. The summed E-state index contributed by atoms with van der Waals surface area (Å²) in [5.41, 5.74) is 0.900. The second kappa shape index (κ2) is 9.86. The molecule has 0 spiro atoms. The molecule has 0 saturated carbocycles. The number of rotatable bonds is 5. The number of amides is 1. The molecule has 0 aliphatic carbocycles. The minimum absolute atomic E-state index is 0.0779. The van der Waals surface area contributed by atoms with Crippen LogP contribution in [0.25, 0.3) is 0 Å². The topological polar surface area (TPSA) is 82.6 Å². The van der Waals surface area contributed by atoms with Crippen molar-refractivity contribution in [1.82, 2.24) is 9.29 Å². The van der Waals surface area contributed by atoms with Gasteiger partial charge in [0, 0.05) is 26.2 Å². The van der Waals surface area contributed by atoms with Crippen LogP contribution in [0.15, 0.2) is 71.8 Å². The lowest BCUT2D eigenvalue weighted by Crippen LogP contribution is -2.35. The average molecular weight is 489 g/mol. The Bertz CT molecular complexity index is 1240. The van der Waals surface area contributed by atoms with Crippen molar-refractivity contribution in [2.75, 3.05) is 36.4 Å². The lowest BCUT2D eigenvalue weighted by atomic mass is 10.2. The lowest BCUT2D eigenvalue weighted by Gasteiger charge is -2.23. The van der Waals surface area contributed by atoms with Gasteiger partial charge < -0.3 is 10.2 Å². The third-order valence-electron chi connectivity index (χ3n) is 5.35. The van der Waals surface area contributed by atoms with Crippen molar-refractivity contribution in [2.24, 2.45) is 0 Å². The number of nitrogens with one attached hydrogen (secondary N) is 1. The van der Waals surface area contributed by atoms with E-state index in [9.17, 15) is 17.6 Å². The fourth-order valence-electron chi connectivity index (χ4n) is 3.61. The van der Waals surface area contributed by atoms with Crippen molar-refractivity contribution in [3.8, 4) is 0 Å². The molecule has 4 rings (SSSR count). The second-order valence-electron chi connectivity index (χ2n) is 7.54. The maximum atomic E-state index is 13.2. The molecule has 1 saturated heterocycles. The van der Waals surface area contributed by atoms with Crippen LogP contribution in [0.1, 0.15) is 16.8 Å². The Morgan fingerprint density at radius 1 is 0.970 bits per heavy atom. The van der Waals surface area contributed by atoms with E-state index in [1.54, 1.807) is 42.6 Å². The zero-order valence-electron chi connectivity index (χ0n) is 17.6. The molecule has 0 unspecified atom stereocenters. The van der Waals surface area contributed by atoms with Gasteiger partial charge >= 0.3 is 0 Å². The molecule has 1 aromatic heterocycles. The number of halogens is 2. The molecule has 2 aromatic carbocycles. The van der Waals surface area contributed by atoms with Crippen molar-refractivity contribution in [2.45, 2.75) is 11.3 Å². The van der Waals surface area contributed by atoms with E-state index in [0.29, 0.717) is 48.1 Å². The predicted molar refractivity (Wildman–Crippen MR) is 126 cm³/mol. The monoisotopic (exact) mass is 488 g/mol. The summed E-state index contributed by atoms with van der Waals surface area (Å²) in [4.78, 5) is 18.9. The van der Waals surface area contributed by atoms with Gasteiger partial charge in [0.2, 0.25) is 10.0 Å². The smallest absolute Gasteiger partial charge is 0.257 e. The predicted octanol–water partition coefficient (Wildman–Crippen LogP) is 4.03. The second-order valence-corrected chi connectivity index (χ2v) is 9.88. The Labute approximate surface area is 196 Å². The zero-order valence-corrected chi connectivity index (χ0v) is 19.2. The number of sulfonamides is 1. The van der Waals surface area contributed by atoms with E-state index in [1.807, 2.05) is 4.90 Å². The maximum absolute atomic E-state index is 13.2. The van der Waals surface area contributed by atoms with Crippen LogP contribution >= 0.6 is 11.6 Å². The van der Waals surface area contributed by atoms with Gasteiger partial charge in [0.05, 0.1) is 27.4 Å². The first-order chi connectivity index (χ1) is 15.8. The summed E-state index contributed by atoms with van der Waals surface area (Å²) in [7, 11) is -3.70. The Hall–Kier alpha value is -3.01. The number of hydrogen-bond acceptors (Lipinski definition) is 5. The minimum Gasteiger partial charge on any atom is -0.355 e. The molecule has 10 heteroatoms. The summed E-state index contributed by atoms with van der Waals surface area (Å²) in [5.74, 6) is -0.119. The summed E-state index contributed by atoms with van der Waals surface area (Å²) in [6, 6.07) is 15.2. The largest absolute Gasteiger partial charge is 0.355 e. The van der Waals surface area contributed by atoms with E-state index >= 15 is 0 Å². The molecule has 1 amide bonds. The fraction of sp³-hybridized carbons (Fsp3) is 0.217. The molecule has 1 aliphatic heterocycles. The summed E-state index contributed by atoms with van der Waals surface area (Å²) in [5, 5.41) is 3.14. The van der Waals surface area contributed by atoms with Gasteiger partial charge in [-0.25, -0.2) is 17.8 Å². The van der Waals surface area contributed by atoms with Crippen LogP contribution in [0.2, 0.25) is 5.02 Å². The molecule has 1 fully saturated rings. The van der Waals surface area contributed by atoms with Crippen LogP contribution in [0.4, 0.5) is 15.9 Å². The Morgan fingerprint density at radius 2 is 1.73 bits per heavy atom. The molecule has 0 atom stereocenters. The van der Waals surface area contributed by atoms with E-state index in [2.05, 4.69) is 10.3 Å². The van der Waals surface area contributed by atoms with Crippen molar-refractivity contribution >= 4 is 39.0 Å². The molecule has 7 nitrogen and oxygen atoms in total. The molecule has 0 bridgehead atoms. The molecule has 3 aromatic rings. The quantitative estimate of drug-likeness (QED) is 0.586. The van der Waals surface area contributed by atoms with E-state index in [1.165, 1.54) is 16.4 Å². The highest BCUT2D eigenvalue weighted by Gasteiger charge is 2.27. The van der Waals surface area contributed by atoms with Gasteiger partial charge in [0.15, 0.2) is 0 Å². The summed E-state index contributed by atoms with van der Waals surface area (Å²) in [6.45, 7) is 1.74. The molecule has 2 heterocycles. The third kappa shape index (κ3) is 5.32. The SMILES string of the molecule is O=C(Nc1ccc(N2CCCN(S(=O)(=O)c3ccc(F)cc3)CC2)nc1)c1ccccc1Cl. The van der Waals surface area contributed by atoms with Gasteiger partial charge in [-0.2, -0.15) is 4.31 Å². The van der Waals surface area contributed by atoms with Gasteiger partial charge in [-0.15, -0.1) is 0 Å². The van der Waals surface area contributed by atoms with Crippen LogP contribution in [0, 0.1) is 5.82 Å². The third-order valence-corrected chi connectivity index (χ3v) is 7.60. The first-order valence-corrected chi connectivity index (χ1v) is 12.2. The first kappa shape index (κ1) is 23.2. The highest BCUT2D eigenvalue weighted by atomic mass is 35.5. The van der Waals surface area contributed by atoms with Gasteiger partial charge in [0.1, 0.15) is 11.6 Å². The van der Waals surface area contributed by atoms with E-state index < -0.39 is 15.8 Å². The standard InChI is InChI=1S/C23H22ClFN4O3S/c24-21-5-2-1-4-20(21)23(30)27-18-8-11-22(26-16-18)28-12-3-13-29(15-14-28)33(31,32)19-9-6-17(25)7-10-19/h1-2,4-11,16H,3,12-15H2,(H,27,30). The molecule has 33 heavy (non-hydrogen) atoms. The lowest BCUT2D eigenvalue weighted by molar-refractivity contribution is 0.102. The number of nitrogens with zero attached hydrogens (tertiary/aromatic N) is 3. The van der Waals surface area contributed by atoms with Crippen molar-refractivity contribution < 1.29 is 17.6 Å². The highest BCUT2D eigenvalue weighted by Crippen LogP contribution is 2.22. The number of carbonyl (C=O) groups excluding carboxylic acids is 1. The van der Waals surface area contributed by atoms with Crippen LogP contribution in [-0.2, 0) is 10.0 Å². The molecular weight excluding hydrogens is 467 g/mol. The van der Waals surface area contributed by atoms with Gasteiger partial charge in [-0.1, -0.05) is 23.7 Å². The van der Waals surface area contributed by atoms with Gasteiger partial charge in [0.25, 0.3) is 5.91 Å².